The van der Waals surface area contributed by atoms with E-state index >= 15 is 0 Å². The molecule has 0 aliphatic rings. The van der Waals surface area contributed by atoms with Gasteiger partial charge in [0, 0.05) is 24.2 Å². The summed E-state index contributed by atoms with van der Waals surface area (Å²) in [4.78, 5) is 25.6. The fourth-order valence-corrected chi connectivity index (χ4v) is 2.60. The van der Waals surface area contributed by atoms with Crippen molar-refractivity contribution in [1.82, 2.24) is 5.32 Å². The van der Waals surface area contributed by atoms with Crippen LogP contribution < -0.4 is 10.2 Å². The number of rotatable bonds is 6. The lowest BCUT2D eigenvalue weighted by Gasteiger charge is -2.21. The largest absolute Gasteiger partial charge is 0.354 e. The second kappa shape index (κ2) is 8.67. The molecular weight excluding hydrogens is 336 g/mol. The zero-order valence-corrected chi connectivity index (χ0v) is 15.6. The smallest absolute Gasteiger partial charge is 0.240 e. The average molecular weight is 359 g/mol. The van der Waals surface area contributed by atoms with Gasteiger partial charge in [-0.1, -0.05) is 29.8 Å². The highest BCUT2D eigenvalue weighted by Gasteiger charge is 2.16. The number of anilines is 1. The molecule has 132 valence electrons. The first kappa shape index (κ1) is 19.0. The highest BCUT2D eigenvalue weighted by atomic mass is 35.5. The fourth-order valence-electron chi connectivity index (χ4n) is 2.47. The minimum atomic E-state index is -0.178. The van der Waals surface area contributed by atoms with Gasteiger partial charge in [0.1, 0.15) is 6.54 Å². The van der Waals surface area contributed by atoms with Gasteiger partial charge in [-0.15, -0.1) is 0 Å². The van der Waals surface area contributed by atoms with Gasteiger partial charge in [0.15, 0.2) is 0 Å². The molecule has 0 saturated heterocycles. The van der Waals surface area contributed by atoms with E-state index in [-0.39, 0.29) is 18.4 Å². The summed E-state index contributed by atoms with van der Waals surface area (Å²) in [6, 6.07) is 13.3. The summed E-state index contributed by atoms with van der Waals surface area (Å²) in [7, 11) is 0. The van der Waals surface area contributed by atoms with E-state index in [0.717, 1.165) is 22.4 Å². The zero-order chi connectivity index (χ0) is 18.4. The van der Waals surface area contributed by atoms with Crippen LogP contribution in [0.3, 0.4) is 0 Å². The number of carbonyl (C=O) groups excluding carboxylic acids is 2. The quantitative estimate of drug-likeness (QED) is 0.856. The molecule has 0 unspecified atom stereocenters. The number of hydrogen-bond acceptors (Lipinski definition) is 2. The number of amides is 2. The normalized spacial score (nSPS) is 10.4. The summed E-state index contributed by atoms with van der Waals surface area (Å²) >= 11 is 5.85. The minimum absolute atomic E-state index is 0.0124. The number of halogens is 1. The number of benzene rings is 2. The van der Waals surface area contributed by atoms with Crippen LogP contribution in [0.2, 0.25) is 5.02 Å². The molecule has 0 aliphatic carbocycles. The second-order valence-corrected chi connectivity index (χ2v) is 6.54. The van der Waals surface area contributed by atoms with Crippen LogP contribution in [0.4, 0.5) is 5.69 Å². The Morgan fingerprint density at radius 3 is 2.32 bits per heavy atom. The van der Waals surface area contributed by atoms with Crippen LogP contribution in [0.5, 0.6) is 0 Å². The molecule has 25 heavy (non-hydrogen) atoms. The maximum absolute atomic E-state index is 12.2. The monoisotopic (exact) mass is 358 g/mol. The van der Waals surface area contributed by atoms with E-state index in [1.165, 1.54) is 11.8 Å². The number of aryl methyl sites for hydroxylation is 2. The standard InChI is InChI=1S/C20H23ClN2O2/c1-14-4-9-19(12-15(14)2)23(16(3)24)13-20(25)22-11-10-17-5-7-18(21)8-6-17/h4-9,12H,10-11,13H2,1-3H3,(H,22,25). The Balaban J connectivity index is 1.92. The van der Waals surface area contributed by atoms with E-state index in [0.29, 0.717) is 18.0 Å². The molecule has 4 nitrogen and oxygen atoms in total. The van der Waals surface area contributed by atoms with Crippen LogP contribution in [0.1, 0.15) is 23.6 Å². The van der Waals surface area contributed by atoms with Crippen LogP contribution >= 0.6 is 11.6 Å². The molecule has 0 saturated carbocycles. The third-order valence-electron chi connectivity index (χ3n) is 4.13. The Bertz CT molecular complexity index is 757. The van der Waals surface area contributed by atoms with Gasteiger partial charge in [0.25, 0.3) is 0 Å². The van der Waals surface area contributed by atoms with E-state index in [9.17, 15) is 9.59 Å². The molecule has 2 amide bonds. The van der Waals surface area contributed by atoms with Crippen molar-refractivity contribution in [3.8, 4) is 0 Å². The van der Waals surface area contributed by atoms with Gasteiger partial charge in [0.05, 0.1) is 0 Å². The van der Waals surface area contributed by atoms with Crippen molar-refractivity contribution in [2.45, 2.75) is 27.2 Å². The lowest BCUT2D eigenvalue weighted by Crippen LogP contribution is -2.40. The van der Waals surface area contributed by atoms with E-state index in [4.69, 9.17) is 11.6 Å². The van der Waals surface area contributed by atoms with E-state index in [2.05, 4.69) is 5.32 Å². The van der Waals surface area contributed by atoms with E-state index in [1.807, 2.05) is 56.3 Å². The molecule has 1 N–H and O–H groups in total. The van der Waals surface area contributed by atoms with Crippen molar-refractivity contribution < 1.29 is 9.59 Å². The SMILES string of the molecule is CC(=O)N(CC(=O)NCCc1ccc(Cl)cc1)c1ccc(C)c(C)c1. The predicted octanol–water partition coefficient (Wildman–Crippen LogP) is 3.67. The van der Waals surface area contributed by atoms with Gasteiger partial charge in [-0.25, -0.2) is 0 Å². The Hall–Kier alpha value is -2.33. The molecule has 5 heteroatoms. The van der Waals surface area contributed by atoms with E-state index < -0.39 is 0 Å². The molecular formula is C20H23ClN2O2. The maximum Gasteiger partial charge on any atom is 0.240 e. The average Bonchev–Trinajstić information content (AvgIpc) is 2.57. The first-order valence-corrected chi connectivity index (χ1v) is 8.61. The molecule has 0 atom stereocenters. The van der Waals surface area contributed by atoms with Crippen molar-refractivity contribution in [3.05, 3.63) is 64.2 Å². The van der Waals surface area contributed by atoms with Gasteiger partial charge < -0.3 is 10.2 Å². The van der Waals surface area contributed by atoms with Crippen molar-refractivity contribution in [3.63, 3.8) is 0 Å². The number of hydrogen-bond donors (Lipinski definition) is 1. The molecule has 0 radical (unpaired) electrons. The molecule has 2 rings (SSSR count). The Morgan fingerprint density at radius 1 is 1.04 bits per heavy atom. The summed E-state index contributed by atoms with van der Waals surface area (Å²) in [6.07, 6.45) is 0.715. The molecule has 0 fully saturated rings. The van der Waals surface area contributed by atoms with Gasteiger partial charge in [-0.3, -0.25) is 9.59 Å². The highest BCUT2D eigenvalue weighted by Crippen LogP contribution is 2.19. The van der Waals surface area contributed by atoms with Crippen LogP contribution in [-0.2, 0) is 16.0 Å². The molecule has 2 aromatic carbocycles. The fraction of sp³-hybridized carbons (Fsp3) is 0.300. The minimum Gasteiger partial charge on any atom is -0.354 e. The van der Waals surface area contributed by atoms with E-state index in [1.54, 1.807) is 0 Å². The molecule has 2 aromatic rings. The lowest BCUT2D eigenvalue weighted by atomic mass is 10.1. The molecule has 0 spiro atoms. The number of nitrogens with one attached hydrogen (secondary N) is 1. The second-order valence-electron chi connectivity index (χ2n) is 6.10. The summed E-state index contributed by atoms with van der Waals surface area (Å²) in [6.45, 7) is 6.00. The zero-order valence-electron chi connectivity index (χ0n) is 14.8. The summed E-state index contributed by atoms with van der Waals surface area (Å²) in [5.74, 6) is -0.335. The first-order chi connectivity index (χ1) is 11.9. The maximum atomic E-state index is 12.2. The number of nitrogens with zero attached hydrogens (tertiary/aromatic N) is 1. The number of carbonyl (C=O) groups is 2. The third-order valence-corrected chi connectivity index (χ3v) is 4.39. The van der Waals surface area contributed by atoms with Gasteiger partial charge >= 0.3 is 0 Å². The van der Waals surface area contributed by atoms with Crippen molar-refractivity contribution >= 4 is 29.1 Å². The Morgan fingerprint density at radius 2 is 1.72 bits per heavy atom. The van der Waals surface area contributed by atoms with Crippen LogP contribution in [-0.4, -0.2) is 24.9 Å². The molecule has 0 heterocycles. The highest BCUT2D eigenvalue weighted by molar-refractivity contribution is 6.30. The summed E-state index contributed by atoms with van der Waals surface area (Å²) in [5.41, 5.74) is 4.08. The lowest BCUT2D eigenvalue weighted by molar-refractivity contribution is -0.123. The van der Waals surface area contributed by atoms with Crippen LogP contribution in [0, 0.1) is 13.8 Å². The van der Waals surface area contributed by atoms with Crippen LogP contribution in [0.25, 0.3) is 0 Å². The molecule has 0 aromatic heterocycles. The van der Waals surface area contributed by atoms with Crippen molar-refractivity contribution in [2.75, 3.05) is 18.0 Å². The Labute approximate surface area is 153 Å². The van der Waals surface area contributed by atoms with Crippen molar-refractivity contribution in [1.29, 1.82) is 0 Å². The summed E-state index contributed by atoms with van der Waals surface area (Å²) < 4.78 is 0. The topological polar surface area (TPSA) is 49.4 Å². The summed E-state index contributed by atoms with van der Waals surface area (Å²) in [5, 5.41) is 3.55. The van der Waals surface area contributed by atoms with Gasteiger partial charge in [-0.2, -0.15) is 0 Å². The van der Waals surface area contributed by atoms with Gasteiger partial charge in [0.2, 0.25) is 11.8 Å². The third kappa shape index (κ3) is 5.61. The van der Waals surface area contributed by atoms with Crippen molar-refractivity contribution in [2.24, 2.45) is 0 Å². The molecule has 0 aliphatic heterocycles. The predicted molar refractivity (Wildman–Crippen MR) is 102 cm³/mol. The molecule has 0 bridgehead atoms. The van der Waals surface area contributed by atoms with Gasteiger partial charge in [-0.05, 0) is 61.2 Å². The Kier molecular flexibility index (Phi) is 6.59. The van der Waals surface area contributed by atoms with Crippen LogP contribution in [0.15, 0.2) is 42.5 Å². The first-order valence-electron chi connectivity index (χ1n) is 8.23.